The molecule has 6 aromatic rings. The summed E-state index contributed by atoms with van der Waals surface area (Å²) in [6.45, 7) is 0. The van der Waals surface area contributed by atoms with Gasteiger partial charge in [-0.05, 0) is 34.5 Å². The first-order chi connectivity index (χ1) is 16.8. The second-order valence-corrected chi connectivity index (χ2v) is 7.95. The highest BCUT2D eigenvalue weighted by Gasteiger charge is 2.24. The van der Waals surface area contributed by atoms with E-state index in [-0.39, 0.29) is 11.5 Å². The molecule has 161 valence electrons. The SMILES string of the molecule is O[B]Oc1c(O)c(-c2cccc3cccnc23)c2ccccc2c1-c1cccc2ncccc12. The number of phenolic OH excluding ortho intramolecular Hbond substituents is 1. The fraction of sp³-hybridized carbons (Fsp3) is 0. The summed E-state index contributed by atoms with van der Waals surface area (Å²) >= 11 is 0. The standard InChI is InChI=1S/C28H18BN2O3/c32-27-24(22-12-3-7-17-8-5-16-31-26(17)22)20-9-1-2-10-21(20)25(28(27)34-29-33)19-11-4-14-23-18(19)13-6-15-30-23/h1-16,32-33H. The van der Waals surface area contributed by atoms with Crippen molar-refractivity contribution in [1.82, 2.24) is 9.97 Å². The summed E-state index contributed by atoms with van der Waals surface area (Å²) in [5, 5.41) is 24.9. The third-order valence-corrected chi connectivity index (χ3v) is 6.13. The number of para-hydroxylation sites is 1. The number of hydrogen-bond donors (Lipinski definition) is 2. The zero-order chi connectivity index (χ0) is 23.1. The van der Waals surface area contributed by atoms with Gasteiger partial charge in [0.05, 0.1) is 11.0 Å². The van der Waals surface area contributed by atoms with E-state index in [1.165, 1.54) is 0 Å². The van der Waals surface area contributed by atoms with Gasteiger partial charge in [-0.3, -0.25) is 9.97 Å². The van der Waals surface area contributed by atoms with Gasteiger partial charge in [-0.25, -0.2) is 0 Å². The lowest BCUT2D eigenvalue weighted by molar-refractivity contribution is 0.413. The third-order valence-electron chi connectivity index (χ3n) is 6.13. The highest BCUT2D eigenvalue weighted by molar-refractivity contribution is 6.21. The summed E-state index contributed by atoms with van der Waals surface area (Å²) in [6.07, 6.45) is 3.48. The van der Waals surface area contributed by atoms with Crippen LogP contribution in [0.5, 0.6) is 11.5 Å². The third kappa shape index (κ3) is 3.08. The molecule has 0 aliphatic heterocycles. The molecule has 34 heavy (non-hydrogen) atoms. The monoisotopic (exact) mass is 441 g/mol. The number of aromatic hydroxyl groups is 1. The first kappa shape index (κ1) is 20.2. The van der Waals surface area contributed by atoms with Crippen LogP contribution in [0.4, 0.5) is 0 Å². The van der Waals surface area contributed by atoms with Gasteiger partial charge >= 0.3 is 7.69 Å². The van der Waals surface area contributed by atoms with Gasteiger partial charge in [-0.1, -0.05) is 66.7 Å². The number of nitrogens with zero attached hydrogens (tertiary/aromatic N) is 2. The Morgan fingerprint density at radius 2 is 1.32 bits per heavy atom. The number of pyridine rings is 2. The molecule has 0 aliphatic carbocycles. The van der Waals surface area contributed by atoms with Gasteiger partial charge in [0.2, 0.25) is 0 Å². The summed E-state index contributed by atoms with van der Waals surface area (Å²) in [5.74, 6) is 0.0959. The zero-order valence-corrected chi connectivity index (χ0v) is 18.0. The lowest BCUT2D eigenvalue weighted by Crippen LogP contribution is -2.03. The minimum atomic E-state index is -0.0713. The Bertz CT molecular complexity index is 1690. The number of benzene rings is 4. The predicted molar refractivity (Wildman–Crippen MR) is 136 cm³/mol. The summed E-state index contributed by atoms with van der Waals surface area (Å²) in [7, 11) is 0.599. The largest absolute Gasteiger partial charge is 0.569 e. The van der Waals surface area contributed by atoms with E-state index in [1.54, 1.807) is 12.4 Å². The van der Waals surface area contributed by atoms with Crippen LogP contribution >= 0.6 is 0 Å². The minimum Gasteiger partial charge on any atom is -0.534 e. The number of rotatable bonds is 4. The van der Waals surface area contributed by atoms with Crippen molar-refractivity contribution < 1.29 is 14.8 Å². The topological polar surface area (TPSA) is 75.5 Å². The number of phenols is 1. The molecule has 0 saturated carbocycles. The zero-order valence-electron chi connectivity index (χ0n) is 18.0. The van der Waals surface area contributed by atoms with Crippen LogP contribution in [-0.2, 0) is 0 Å². The summed E-state index contributed by atoms with van der Waals surface area (Å²) < 4.78 is 5.59. The Morgan fingerprint density at radius 1 is 0.647 bits per heavy atom. The van der Waals surface area contributed by atoms with Crippen LogP contribution < -0.4 is 4.65 Å². The maximum Gasteiger partial charge on any atom is 0.569 e. The Morgan fingerprint density at radius 3 is 2.18 bits per heavy atom. The van der Waals surface area contributed by atoms with E-state index < -0.39 is 0 Å². The van der Waals surface area contributed by atoms with Crippen molar-refractivity contribution in [1.29, 1.82) is 0 Å². The quantitative estimate of drug-likeness (QED) is 0.334. The van der Waals surface area contributed by atoms with Crippen molar-refractivity contribution >= 4 is 40.3 Å². The molecule has 6 rings (SSSR count). The van der Waals surface area contributed by atoms with E-state index in [1.807, 2.05) is 84.9 Å². The normalized spacial score (nSPS) is 11.2. The fourth-order valence-corrected chi connectivity index (χ4v) is 4.74. The van der Waals surface area contributed by atoms with E-state index in [0.29, 0.717) is 18.8 Å². The average molecular weight is 441 g/mol. The molecule has 4 aromatic carbocycles. The van der Waals surface area contributed by atoms with Crippen LogP contribution in [-0.4, -0.2) is 27.8 Å². The van der Waals surface area contributed by atoms with Gasteiger partial charge in [0.1, 0.15) is 0 Å². The number of fused-ring (bicyclic) bond motifs is 3. The lowest BCUT2D eigenvalue weighted by atomic mass is 9.88. The van der Waals surface area contributed by atoms with Crippen molar-refractivity contribution in [3.63, 3.8) is 0 Å². The van der Waals surface area contributed by atoms with Crippen molar-refractivity contribution in [2.24, 2.45) is 0 Å². The van der Waals surface area contributed by atoms with Crippen molar-refractivity contribution in [3.8, 4) is 33.8 Å². The maximum absolute atomic E-state index is 11.6. The minimum absolute atomic E-state index is 0.0713. The molecule has 0 spiro atoms. The first-order valence-electron chi connectivity index (χ1n) is 10.9. The highest BCUT2D eigenvalue weighted by atomic mass is 16.5. The number of aromatic nitrogens is 2. The Balaban J connectivity index is 1.78. The molecule has 0 amide bonds. The second kappa shape index (κ2) is 8.17. The molecule has 5 nitrogen and oxygen atoms in total. The van der Waals surface area contributed by atoms with Gasteiger partial charge < -0.3 is 14.8 Å². The maximum atomic E-state index is 11.6. The van der Waals surface area contributed by atoms with Crippen molar-refractivity contribution in [2.75, 3.05) is 0 Å². The molecule has 0 atom stereocenters. The molecule has 2 aromatic heterocycles. The average Bonchev–Trinajstić information content (AvgIpc) is 2.89. The number of hydrogen-bond acceptors (Lipinski definition) is 5. The fourth-order valence-electron chi connectivity index (χ4n) is 4.74. The van der Waals surface area contributed by atoms with Crippen LogP contribution in [0, 0.1) is 0 Å². The van der Waals surface area contributed by atoms with E-state index in [2.05, 4.69) is 9.97 Å². The van der Waals surface area contributed by atoms with Gasteiger partial charge in [0.25, 0.3) is 0 Å². The molecule has 0 saturated heterocycles. The van der Waals surface area contributed by atoms with Crippen LogP contribution in [0.25, 0.3) is 54.8 Å². The molecule has 0 aliphatic rings. The second-order valence-electron chi connectivity index (χ2n) is 7.95. The van der Waals surface area contributed by atoms with Crippen molar-refractivity contribution in [3.05, 3.63) is 97.3 Å². The van der Waals surface area contributed by atoms with Gasteiger partial charge in [0, 0.05) is 39.9 Å². The van der Waals surface area contributed by atoms with Gasteiger partial charge in [-0.15, -0.1) is 0 Å². The molecule has 0 bridgehead atoms. The molecule has 0 fully saturated rings. The molecule has 6 heteroatoms. The van der Waals surface area contributed by atoms with E-state index in [4.69, 9.17) is 4.65 Å². The van der Waals surface area contributed by atoms with E-state index in [0.717, 1.165) is 43.7 Å². The van der Waals surface area contributed by atoms with Crippen LogP contribution in [0.2, 0.25) is 0 Å². The van der Waals surface area contributed by atoms with Crippen LogP contribution in [0.15, 0.2) is 97.3 Å². The van der Waals surface area contributed by atoms with E-state index in [9.17, 15) is 10.1 Å². The Hall–Kier alpha value is -4.42. The summed E-state index contributed by atoms with van der Waals surface area (Å²) in [6, 6.07) is 27.3. The van der Waals surface area contributed by atoms with Crippen molar-refractivity contribution in [2.45, 2.75) is 0 Å². The Kier molecular flexibility index (Phi) is 4.86. The lowest BCUT2D eigenvalue weighted by Gasteiger charge is -2.21. The predicted octanol–water partition coefficient (Wildman–Crippen LogP) is 5.88. The smallest absolute Gasteiger partial charge is 0.534 e. The Labute approximate surface area is 196 Å². The van der Waals surface area contributed by atoms with Gasteiger partial charge in [-0.2, -0.15) is 0 Å². The molecule has 2 N–H and O–H groups in total. The molecule has 0 unspecified atom stereocenters. The molecular weight excluding hydrogens is 423 g/mol. The summed E-state index contributed by atoms with van der Waals surface area (Å²) in [4.78, 5) is 9.06. The summed E-state index contributed by atoms with van der Waals surface area (Å²) in [5.41, 5.74) is 4.49. The van der Waals surface area contributed by atoms with E-state index >= 15 is 0 Å². The highest BCUT2D eigenvalue weighted by Crippen LogP contribution is 2.51. The van der Waals surface area contributed by atoms with Crippen LogP contribution in [0.1, 0.15) is 0 Å². The molecule has 1 radical (unpaired) electrons. The molecule has 2 heterocycles. The first-order valence-corrected chi connectivity index (χ1v) is 10.9. The van der Waals surface area contributed by atoms with Crippen LogP contribution in [0.3, 0.4) is 0 Å². The molecular formula is C28H18BN2O3. The van der Waals surface area contributed by atoms with Gasteiger partial charge in [0.15, 0.2) is 11.5 Å².